The van der Waals surface area contributed by atoms with Gasteiger partial charge < -0.3 is 10.5 Å². The van der Waals surface area contributed by atoms with Crippen molar-refractivity contribution in [2.45, 2.75) is 45.4 Å². The Labute approximate surface area is 176 Å². The smallest absolute Gasteiger partial charge is 0.327 e. The number of rotatable bonds is 9. The third-order valence-corrected chi connectivity index (χ3v) is 5.00. The molecular formula is C22H28N6O2. The minimum Gasteiger partial charge on any atom is -0.468 e. The lowest BCUT2D eigenvalue weighted by molar-refractivity contribution is -0.141. The molecule has 3 aromatic rings. The summed E-state index contributed by atoms with van der Waals surface area (Å²) in [5.74, 6) is 0.579. The number of ether oxygens (including phenoxy) is 1. The Morgan fingerprint density at radius 1 is 1.13 bits per heavy atom. The van der Waals surface area contributed by atoms with Crippen LogP contribution in [0.5, 0.6) is 0 Å². The van der Waals surface area contributed by atoms with E-state index in [2.05, 4.69) is 65.0 Å². The van der Waals surface area contributed by atoms with Crippen molar-refractivity contribution in [1.29, 1.82) is 0 Å². The topological polar surface area (TPSA) is 108 Å². The molecule has 0 aliphatic rings. The van der Waals surface area contributed by atoms with E-state index in [-0.39, 0.29) is 12.6 Å². The summed E-state index contributed by atoms with van der Waals surface area (Å²) in [6.07, 6.45) is 0. The Balaban J connectivity index is 1.90. The van der Waals surface area contributed by atoms with E-state index in [1.807, 2.05) is 18.2 Å². The Bertz CT molecular complexity index is 968. The summed E-state index contributed by atoms with van der Waals surface area (Å²) in [4.78, 5) is 11.8. The molecule has 1 aromatic heterocycles. The van der Waals surface area contributed by atoms with Crippen molar-refractivity contribution in [1.82, 2.24) is 25.5 Å². The fraction of sp³-hybridized carbons (Fsp3) is 0.364. The molecule has 0 amide bonds. The number of hydrogen-bond acceptors (Lipinski definition) is 7. The number of carbonyl (C=O) groups is 1. The van der Waals surface area contributed by atoms with Crippen molar-refractivity contribution in [2.24, 2.45) is 5.73 Å². The summed E-state index contributed by atoms with van der Waals surface area (Å²) < 4.78 is 6.24. The van der Waals surface area contributed by atoms with Crippen LogP contribution in [0, 0.1) is 0 Å². The lowest BCUT2D eigenvalue weighted by atomic mass is 9.98. The van der Waals surface area contributed by atoms with Crippen LogP contribution in [0.2, 0.25) is 0 Å². The van der Waals surface area contributed by atoms with Crippen molar-refractivity contribution in [3.63, 3.8) is 0 Å². The Hall–Kier alpha value is -3.10. The van der Waals surface area contributed by atoms with Crippen LogP contribution in [-0.4, -0.2) is 33.3 Å². The molecule has 158 valence electrons. The molecule has 0 saturated heterocycles. The van der Waals surface area contributed by atoms with Gasteiger partial charge in [-0.3, -0.25) is 10.1 Å². The standard InChI is InChI=1S/C22H28N6O2/c1-15(2)18-7-9-19(10-8-18)21(22-25-26-27-28(22)14-20(29)30-3)24-13-17-6-4-5-16(11-17)12-23/h4-11,15,21,24H,12-14,23H2,1-3H3. The Morgan fingerprint density at radius 2 is 1.83 bits per heavy atom. The second kappa shape index (κ2) is 10.1. The van der Waals surface area contributed by atoms with Crippen molar-refractivity contribution >= 4 is 5.97 Å². The van der Waals surface area contributed by atoms with Crippen LogP contribution in [0.25, 0.3) is 0 Å². The first kappa shape index (κ1) is 21.6. The zero-order chi connectivity index (χ0) is 21.5. The highest BCUT2D eigenvalue weighted by Gasteiger charge is 2.22. The molecule has 0 spiro atoms. The maximum Gasteiger partial charge on any atom is 0.327 e. The number of carbonyl (C=O) groups excluding carboxylic acids is 1. The molecule has 3 rings (SSSR count). The van der Waals surface area contributed by atoms with E-state index in [0.29, 0.717) is 24.8 Å². The first-order valence-corrected chi connectivity index (χ1v) is 9.95. The number of aromatic nitrogens is 4. The van der Waals surface area contributed by atoms with Crippen LogP contribution < -0.4 is 11.1 Å². The van der Waals surface area contributed by atoms with Gasteiger partial charge in [0.2, 0.25) is 0 Å². The molecule has 1 unspecified atom stereocenters. The number of benzene rings is 2. The zero-order valence-electron chi connectivity index (χ0n) is 17.6. The number of esters is 1. The van der Waals surface area contributed by atoms with Gasteiger partial charge in [0.15, 0.2) is 5.82 Å². The van der Waals surface area contributed by atoms with Gasteiger partial charge in [-0.05, 0) is 38.6 Å². The first-order chi connectivity index (χ1) is 14.5. The molecule has 0 bridgehead atoms. The molecule has 3 N–H and O–H groups in total. The van der Waals surface area contributed by atoms with E-state index in [1.54, 1.807) is 0 Å². The monoisotopic (exact) mass is 408 g/mol. The molecule has 8 heteroatoms. The van der Waals surface area contributed by atoms with E-state index in [1.165, 1.54) is 17.4 Å². The van der Waals surface area contributed by atoms with Crippen LogP contribution in [0.15, 0.2) is 48.5 Å². The number of nitrogens with zero attached hydrogens (tertiary/aromatic N) is 4. The fourth-order valence-electron chi connectivity index (χ4n) is 3.24. The van der Waals surface area contributed by atoms with Gasteiger partial charge in [-0.25, -0.2) is 4.68 Å². The maximum absolute atomic E-state index is 11.8. The second-order valence-corrected chi connectivity index (χ2v) is 7.43. The van der Waals surface area contributed by atoms with Crippen LogP contribution in [-0.2, 0) is 29.2 Å². The average Bonchev–Trinajstić information content (AvgIpc) is 3.22. The fourth-order valence-corrected chi connectivity index (χ4v) is 3.24. The molecule has 1 heterocycles. The van der Waals surface area contributed by atoms with Crippen molar-refractivity contribution in [3.05, 3.63) is 76.6 Å². The van der Waals surface area contributed by atoms with Crippen LogP contribution in [0.4, 0.5) is 0 Å². The highest BCUT2D eigenvalue weighted by atomic mass is 16.5. The maximum atomic E-state index is 11.8. The molecular weight excluding hydrogens is 380 g/mol. The minimum atomic E-state index is -0.409. The highest BCUT2D eigenvalue weighted by molar-refractivity contribution is 5.68. The van der Waals surface area contributed by atoms with Crippen LogP contribution >= 0.6 is 0 Å². The van der Waals surface area contributed by atoms with Crippen LogP contribution in [0.3, 0.4) is 0 Å². The predicted octanol–water partition coefficient (Wildman–Crippen LogP) is 2.31. The molecule has 0 fully saturated rings. The molecule has 0 aliphatic heterocycles. The predicted molar refractivity (Wildman–Crippen MR) is 113 cm³/mol. The molecule has 8 nitrogen and oxygen atoms in total. The van der Waals surface area contributed by atoms with Gasteiger partial charge in [-0.15, -0.1) is 5.10 Å². The second-order valence-electron chi connectivity index (χ2n) is 7.43. The molecule has 0 saturated carbocycles. The van der Waals surface area contributed by atoms with Crippen molar-refractivity contribution in [3.8, 4) is 0 Å². The Morgan fingerprint density at radius 3 is 2.50 bits per heavy atom. The first-order valence-electron chi connectivity index (χ1n) is 9.95. The molecule has 0 aliphatic carbocycles. The van der Waals surface area contributed by atoms with E-state index >= 15 is 0 Å². The normalized spacial score (nSPS) is 12.2. The number of tetrazole rings is 1. The van der Waals surface area contributed by atoms with Gasteiger partial charge in [-0.1, -0.05) is 62.4 Å². The molecule has 30 heavy (non-hydrogen) atoms. The number of methoxy groups -OCH3 is 1. The van der Waals surface area contributed by atoms with E-state index in [0.717, 1.165) is 16.7 Å². The summed E-state index contributed by atoms with van der Waals surface area (Å²) in [6, 6.07) is 16.2. The number of nitrogens with one attached hydrogen (secondary N) is 1. The highest BCUT2D eigenvalue weighted by Crippen LogP contribution is 2.23. The molecule has 1 atom stereocenters. The number of nitrogens with two attached hydrogens (primary N) is 1. The van der Waals surface area contributed by atoms with Crippen LogP contribution in [0.1, 0.15) is 53.9 Å². The van der Waals surface area contributed by atoms with Gasteiger partial charge in [0, 0.05) is 13.1 Å². The lowest BCUT2D eigenvalue weighted by Gasteiger charge is -2.19. The lowest BCUT2D eigenvalue weighted by Crippen LogP contribution is -2.27. The zero-order valence-corrected chi connectivity index (χ0v) is 17.6. The van der Waals surface area contributed by atoms with Gasteiger partial charge >= 0.3 is 5.97 Å². The number of hydrogen-bond donors (Lipinski definition) is 2. The summed E-state index contributed by atoms with van der Waals surface area (Å²) >= 11 is 0. The largest absolute Gasteiger partial charge is 0.468 e. The van der Waals surface area contributed by atoms with E-state index in [9.17, 15) is 4.79 Å². The average molecular weight is 409 g/mol. The summed E-state index contributed by atoms with van der Waals surface area (Å²) in [5, 5.41) is 15.5. The van der Waals surface area contributed by atoms with Gasteiger partial charge in [0.1, 0.15) is 6.54 Å². The van der Waals surface area contributed by atoms with E-state index < -0.39 is 5.97 Å². The quantitative estimate of drug-likeness (QED) is 0.523. The van der Waals surface area contributed by atoms with Gasteiger partial charge in [-0.2, -0.15) is 0 Å². The Kier molecular flexibility index (Phi) is 7.26. The third kappa shape index (κ3) is 5.28. The van der Waals surface area contributed by atoms with Crippen molar-refractivity contribution < 1.29 is 9.53 Å². The van der Waals surface area contributed by atoms with Gasteiger partial charge in [0.05, 0.1) is 13.2 Å². The minimum absolute atomic E-state index is 0.0518. The summed E-state index contributed by atoms with van der Waals surface area (Å²) in [6.45, 7) is 5.35. The summed E-state index contributed by atoms with van der Waals surface area (Å²) in [5.41, 5.74) is 10.2. The molecule has 0 radical (unpaired) electrons. The SMILES string of the molecule is COC(=O)Cn1nnnc1C(NCc1cccc(CN)c1)c1ccc(C(C)C)cc1. The third-order valence-electron chi connectivity index (χ3n) is 5.00. The van der Waals surface area contributed by atoms with Gasteiger partial charge in [0.25, 0.3) is 0 Å². The molecule has 2 aromatic carbocycles. The van der Waals surface area contributed by atoms with Crippen molar-refractivity contribution in [2.75, 3.05) is 7.11 Å². The van der Waals surface area contributed by atoms with E-state index in [4.69, 9.17) is 10.5 Å². The summed E-state index contributed by atoms with van der Waals surface area (Å²) in [7, 11) is 1.34.